The number of hydrogen-bond acceptors (Lipinski definition) is 8. The zero-order valence-electron chi connectivity index (χ0n) is 20.1. The lowest BCUT2D eigenvalue weighted by atomic mass is 10.1. The molecule has 0 saturated heterocycles. The largest absolute Gasteiger partial charge is 0.445 e. The number of nitrogens with zero attached hydrogens (tertiary/aromatic N) is 1. The molecule has 1 aromatic heterocycles. The summed E-state index contributed by atoms with van der Waals surface area (Å²) < 4.78 is 39.8. The number of carbonyl (C=O) groups excluding carboxylic acids is 1. The van der Waals surface area contributed by atoms with Crippen LogP contribution in [-0.4, -0.2) is 52.7 Å². The van der Waals surface area contributed by atoms with Crippen molar-refractivity contribution >= 4 is 27.8 Å². The number of oxazole rings is 1. The highest BCUT2D eigenvalue weighted by Crippen LogP contribution is 2.46. The molecule has 10 heteroatoms. The predicted molar refractivity (Wildman–Crippen MR) is 124 cm³/mol. The fourth-order valence-corrected chi connectivity index (χ4v) is 6.99. The van der Waals surface area contributed by atoms with Gasteiger partial charge in [-0.05, 0) is 37.6 Å². The van der Waals surface area contributed by atoms with Gasteiger partial charge in [-0.15, -0.1) is 0 Å². The first-order valence-electron chi connectivity index (χ1n) is 10.7. The molecule has 0 N–H and O–H groups in total. The zero-order chi connectivity index (χ0) is 23.7. The van der Waals surface area contributed by atoms with Gasteiger partial charge < -0.3 is 22.6 Å². The van der Waals surface area contributed by atoms with Gasteiger partial charge in [-0.3, -0.25) is 9.36 Å². The van der Waals surface area contributed by atoms with Crippen molar-refractivity contribution in [3.63, 3.8) is 0 Å². The van der Waals surface area contributed by atoms with Gasteiger partial charge in [-0.2, -0.15) is 0 Å². The van der Waals surface area contributed by atoms with Crippen molar-refractivity contribution in [2.75, 3.05) is 27.5 Å². The van der Waals surface area contributed by atoms with E-state index >= 15 is 0 Å². The quantitative estimate of drug-likeness (QED) is 0.238. The SMILES string of the molecule is CC[Si](CC)(CC)O[C@@H](CC(=O)CP(=O)(OC)OC)c1coc(/C=C(/C)[C@@H](C)OC)n1. The maximum atomic E-state index is 12.7. The van der Waals surface area contributed by atoms with Crippen molar-refractivity contribution in [3.05, 3.63) is 23.4 Å². The van der Waals surface area contributed by atoms with E-state index < -0.39 is 22.0 Å². The molecule has 0 radical (unpaired) electrons. The smallest absolute Gasteiger partial charge is 0.337 e. The maximum Gasteiger partial charge on any atom is 0.337 e. The first-order chi connectivity index (χ1) is 14.6. The topological polar surface area (TPSA) is 97.1 Å². The fraction of sp³-hybridized carbons (Fsp3) is 0.714. The van der Waals surface area contributed by atoms with E-state index in [1.165, 1.54) is 20.5 Å². The molecule has 0 amide bonds. The number of aromatic nitrogens is 1. The molecule has 8 nitrogen and oxygen atoms in total. The van der Waals surface area contributed by atoms with Gasteiger partial charge in [0.15, 0.2) is 8.32 Å². The Balaban J connectivity index is 3.20. The monoisotopic (exact) mass is 475 g/mol. The van der Waals surface area contributed by atoms with E-state index in [0.717, 1.165) is 23.7 Å². The first-order valence-corrected chi connectivity index (χ1v) is 14.9. The Morgan fingerprint density at radius 1 is 1.19 bits per heavy atom. The molecular weight excluding hydrogens is 437 g/mol. The normalized spacial score (nSPS) is 15.2. The van der Waals surface area contributed by atoms with E-state index in [1.54, 1.807) is 7.11 Å². The number of methoxy groups -OCH3 is 1. The lowest BCUT2D eigenvalue weighted by molar-refractivity contribution is -0.118. The second-order valence-corrected chi connectivity index (χ2v) is 14.6. The first kappa shape index (κ1) is 27.9. The summed E-state index contributed by atoms with van der Waals surface area (Å²) in [7, 11) is -1.31. The van der Waals surface area contributed by atoms with E-state index in [0.29, 0.717) is 11.6 Å². The molecule has 1 heterocycles. The Morgan fingerprint density at radius 2 is 1.77 bits per heavy atom. The van der Waals surface area contributed by atoms with Crippen molar-refractivity contribution in [2.24, 2.45) is 0 Å². The Bertz CT molecular complexity index is 759. The number of carbonyl (C=O) groups is 1. The number of Topliss-reactive ketones (excluding diaryl/α,β-unsaturated/α-hetero) is 1. The van der Waals surface area contributed by atoms with Crippen LogP contribution in [0.4, 0.5) is 0 Å². The van der Waals surface area contributed by atoms with Gasteiger partial charge in [0.1, 0.15) is 23.9 Å². The average Bonchev–Trinajstić information content (AvgIpc) is 3.24. The molecule has 178 valence electrons. The second-order valence-electron chi connectivity index (χ2n) is 7.60. The van der Waals surface area contributed by atoms with Gasteiger partial charge in [-0.25, -0.2) is 4.98 Å². The number of hydrogen-bond donors (Lipinski definition) is 0. The zero-order valence-corrected chi connectivity index (χ0v) is 22.0. The van der Waals surface area contributed by atoms with Crippen molar-refractivity contribution < 1.29 is 32.0 Å². The summed E-state index contributed by atoms with van der Waals surface area (Å²) in [4.78, 5) is 17.3. The van der Waals surface area contributed by atoms with Crippen LogP contribution in [0.1, 0.15) is 58.7 Å². The van der Waals surface area contributed by atoms with E-state index in [4.69, 9.17) is 22.6 Å². The summed E-state index contributed by atoms with van der Waals surface area (Å²) in [5.74, 6) is 0.154. The fourth-order valence-electron chi connectivity index (χ4n) is 3.21. The van der Waals surface area contributed by atoms with Gasteiger partial charge in [-0.1, -0.05) is 20.8 Å². The summed E-state index contributed by atoms with van der Waals surface area (Å²) in [6, 6.07) is 2.77. The number of ketones is 1. The summed E-state index contributed by atoms with van der Waals surface area (Å²) in [5.41, 5.74) is 1.51. The van der Waals surface area contributed by atoms with E-state index in [1.807, 2.05) is 19.9 Å². The minimum absolute atomic E-state index is 0.0224. The minimum atomic E-state index is -3.45. The summed E-state index contributed by atoms with van der Waals surface area (Å²) in [5, 5.41) is 0. The molecule has 0 aliphatic rings. The molecule has 0 bridgehead atoms. The van der Waals surface area contributed by atoms with Crippen LogP contribution in [0.2, 0.25) is 18.1 Å². The minimum Gasteiger partial charge on any atom is -0.445 e. The highest BCUT2D eigenvalue weighted by Gasteiger charge is 2.36. The molecular formula is C21H38NO7PSi. The average molecular weight is 476 g/mol. The third-order valence-electron chi connectivity index (χ3n) is 5.88. The molecule has 0 unspecified atom stereocenters. The molecule has 0 aliphatic carbocycles. The van der Waals surface area contributed by atoms with Crippen LogP contribution < -0.4 is 0 Å². The van der Waals surface area contributed by atoms with E-state index in [9.17, 15) is 9.36 Å². The van der Waals surface area contributed by atoms with Gasteiger partial charge in [0.2, 0.25) is 5.89 Å². The van der Waals surface area contributed by atoms with Crippen LogP contribution >= 0.6 is 7.60 Å². The molecule has 1 aromatic rings. The van der Waals surface area contributed by atoms with Crippen molar-refractivity contribution in [1.82, 2.24) is 4.98 Å². The van der Waals surface area contributed by atoms with Crippen LogP contribution in [0, 0.1) is 0 Å². The number of ether oxygens (including phenoxy) is 1. The predicted octanol–water partition coefficient (Wildman–Crippen LogP) is 5.62. The third-order valence-corrected chi connectivity index (χ3v) is 12.4. The highest BCUT2D eigenvalue weighted by molar-refractivity contribution is 7.54. The van der Waals surface area contributed by atoms with Crippen molar-refractivity contribution in [3.8, 4) is 0 Å². The molecule has 0 aliphatic heterocycles. The Labute approximate surface area is 187 Å². The van der Waals surface area contributed by atoms with Crippen LogP contribution in [0.25, 0.3) is 6.08 Å². The lowest BCUT2D eigenvalue weighted by Gasteiger charge is -2.32. The molecule has 0 aromatic carbocycles. The maximum absolute atomic E-state index is 12.7. The molecule has 0 spiro atoms. The van der Waals surface area contributed by atoms with Crippen molar-refractivity contribution in [1.29, 1.82) is 0 Å². The second kappa shape index (κ2) is 12.8. The van der Waals surface area contributed by atoms with Crippen LogP contribution in [0.5, 0.6) is 0 Å². The lowest BCUT2D eigenvalue weighted by Crippen LogP contribution is -2.38. The molecule has 0 fully saturated rings. The van der Waals surface area contributed by atoms with Gasteiger partial charge in [0, 0.05) is 33.8 Å². The highest BCUT2D eigenvalue weighted by atomic mass is 31.2. The molecule has 31 heavy (non-hydrogen) atoms. The third kappa shape index (κ3) is 8.08. The Hall–Kier alpha value is -1.09. The summed E-state index contributed by atoms with van der Waals surface area (Å²) >= 11 is 0. The van der Waals surface area contributed by atoms with Gasteiger partial charge in [0.05, 0.1) is 12.2 Å². The molecule has 1 rings (SSSR count). The molecule has 0 saturated carbocycles. The van der Waals surface area contributed by atoms with Gasteiger partial charge in [0.25, 0.3) is 0 Å². The van der Waals surface area contributed by atoms with E-state index in [2.05, 4.69) is 25.8 Å². The van der Waals surface area contributed by atoms with E-state index in [-0.39, 0.29) is 24.5 Å². The van der Waals surface area contributed by atoms with Crippen LogP contribution in [0.3, 0.4) is 0 Å². The standard InChI is InChI=1S/C21H38NO7PSi/c1-9-31(10-2,11-3)29-20(13-18(23)15-30(24,26-7)27-8)19-14-28-21(22-19)12-16(4)17(5)25-6/h12,14,17,20H,9-11,13,15H2,1-8H3/b16-12-/t17-,20+/m1/s1. The van der Waals surface area contributed by atoms with Crippen LogP contribution in [0.15, 0.2) is 16.3 Å². The summed E-state index contributed by atoms with van der Waals surface area (Å²) in [6.07, 6.45) is 2.41. The summed E-state index contributed by atoms with van der Waals surface area (Å²) in [6.45, 7) is 10.2. The molecule has 2 atom stereocenters. The number of rotatable bonds is 15. The van der Waals surface area contributed by atoms with Crippen LogP contribution in [-0.2, 0) is 27.6 Å². The Kier molecular flexibility index (Phi) is 11.6. The van der Waals surface area contributed by atoms with Crippen molar-refractivity contribution in [2.45, 2.75) is 71.4 Å². The Morgan fingerprint density at radius 3 is 2.26 bits per heavy atom. The van der Waals surface area contributed by atoms with Gasteiger partial charge >= 0.3 is 7.60 Å².